The molecule has 0 aliphatic heterocycles. The molecule has 14 heavy (non-hydrogen) atoms. The van der Waals surface area contributed by atoms with E-state index in [1.54, 1.807) is 7.11 Å². The molecule has 0 aliphatic carbocycles. The molecule has 0 aromatic rings. The first-order valence-corrected chi connectivity index (χ1v) is 5.27. The highest BCUT2D eigenvalue weighted by Crippen LogP contribution is 2.17. The second kappa shape index (κ2) is 6.38. The smallest absolute Gasteiger partial charge is 0.0589 e. The molecule has 3 nitrogen and oxygen atoms in total. The molecule has 0 bridgehead atoms. The van der Waals surface area contributed by atoms with Crippen molar-refractivity contribution in [3.63, 3.8) is 0 Å². The van der Waals surface area contributed by atoms with Gasteiger partial charge in [-0.1, -0.05) is 13.8 Å². The fraction of sp³-hybridized carbons (Fsp3) is 1.00. The normalized spacial score (nSPS) is 12.9. The first-order chi connectivity index (χ1) is 6.43. The number of methoxy groups -OCH3 is 1. The number of hydrogen-bond acceptors (Lipinski definition) is 3. The van der Waals surface area contributed by atoms with Crippen molar-refractivity contribution in [2.45, 2.75) is 33.7 Å². The first-order valence-electron chi connectivity index (χ1n) is 5.27. The summed E-state index contributed by atoms with van der Waals surface area (Å²) < 4.78 is 5.07. The summed E-state index contributed by atoms with van der Waals surface area (Å²) in [6.45, 7) is 11.3. The molecular weight excluding hydrogens is 178 g/mol. The van der Waals surface area contributed by atoms with Crippen LogP contribution in [0, 0.1) is 5.41 Å². The standard InChI is InChI=1S/C11H25NO2/c1-10(2)12(6-7-14-5)8-11(3,4)9-13/h10,13H,6-9H2,1-5H3. The lowest BCUT2D eigenvalue weighted by molar-refractivity contribution is 0.0657. The van der Waals surface area contributed by atoms with E-state index in [0.717, 1.165) is 19.7 Å². The maximum Gasteiger partial charge on any atom is 0.0589 e. The Morgan fingerprint density at radius 3 is 2.29 bits per heavy atom. The zero-order chi connectivity index (χ0) is 11.2. The van der Waals surface area contributed by atoms with E-state index in [2.05, 4.69) is 32.6 Å². The Morgan fingerprint density at radius 1 is 1.36 bits per heavy atom. The van der Waals surface area contributed by atoms with Gasteiger partial charge in [0.15, 0.2) is 0 Å². The van der Waals surface area contributed by atoms with Gasteiger partial charge in [0, 0.05) is 38.3 Å². The quantitative estimate of drug-likeness (QED) is 0.678. The maximum absolute atomic E-state index is 9.19. The van der Waals surface area contributed by atoms with Crippen molar-refractivity contribution in [1.82, 2.24) is 4.90 Å². The molecular formula is C11H25NO2. The maximum atomic E-state index is 9.19. The third-order valence-electron chi connectivity index (χ3n) is 2.37. The van der Waals surface area contributed by atoms with Crippen molar-refractivity contribution in [2.24, 2.45) is 5.41 Å². The number of rotatable bonds is 7. The molecule has 1 N–H and O–H groups in total. The zero-order valence-corrected chi connectivity index (χ0v) is 10.2. The van der Waals surface area contributed by atoms with Crippen LogP contribution in [0.3, 0.4) is 0 Å². The monoisotopic (exact) mass is 203 g/mol. The van der Waals surface area contributed by atoms with Crippen LogP contribution in [-0.2, 0) is 4.74 Å². The van der Waals surface area contributed by atoms with Gasteiger partial charge in [0.25, 0.3) is 0 Å². The molecule has 3 heteroatoms. The minimum atomic E-state index is -0.0298. The molecule has 86 valence electrons. The van der Waals surface area contributed by atoms with Crippen molar-refractivity contribution < 1.29 is 9.84 Å². The number of nitrogens with zero attached hydrogens (tertiary/aromatic N) is 1. The van der Waals surface area contributed by atoms with Crippen LogP contribution >= 0.6 is 0 Å². The van der Waals surface area contributed by atoms with Gasteiger partial charge in [-0.15, -0.1) is 0 Å². The molecule has 0 saturated heterocycles. The minimum absolute atomic E-state index is 0.0298. The Kier molecular flexibility index (Phi) is 6.33. The number of aliphatic hydroxyl groups excluding tert-OH is 1. The van der Waals surface area contributed by atoms with Crippen molar-refractivity contribution >= 4 is 0 Å². The van der Waals surface area contributed by atoms with E-state index in [-0.39, 0.29) is 12.0 Å². The topological polar surface area (TPSA) is 32.7 Å². The second-order valence-electron chi connectivity index (χ2n) is 4.88. The SMILES string of the molecule is COCCN(CC(C)(C)CO)C(C)C. The van der Waals surface area contributed by atoms with Gasteiger partial charge in [0.05, 0.1) is 6.61 Å². The van der Waals surface area contributed by atoms with E-state index in [4.69, 9.17) is 4.74 Å². The molecule has 0 fully saturated rings. The van der Waals surface area contributed by atoms with E-state index in [0.29, 0.717) is 6.04 Å². The Labute approximate surface area is 88.1 Å². The van der Waals surface area contributed by atoms with E-state index in [1.165, 1.54) is 0 Å². The van der Waals surface area contributed by atoms with Gasteiger partial charge < -0.3 is 9.84 Å². The van der Waals surface area contributed by atoms with Crippen LogP contribution in [0.5, 0.6) is 0 Å². The van der Waals surface area contributed by atoms with Gasteiger partial charge >= 0.3 is 0 Å². The summed E-state index contributed by atoms with van der Waals surface area (Å²) in [5.74, 6) is 0. The molecule has 0 aromatic carbocycles. The van der Waals surface area contributed by atoms with Crippen molar-refractivity contribution in [3.8, 4) is 0 Å². The van der Waals surface area contributed by atoms with Crippen LogP contribution in [0.1, 0.15) is 27.7 Å². The lowest BCUT2D eigenvalue weighted by Gasteiger charge is -2.33. The molecule has 0 atom stereocenters. The van der Waals surface area contributed by atoms with E-state index in [1.807, 2.05) is 0 Å². The van der Waals surface area contributed by atoms with Crippen molar-refractivity contribution in [3.05, 3.63) is 0 Å². The van der Waals surface area contributed by atoms with Gasteiger partial charge in [-0.25, -0.2) is 0 Å². The van der Waals surface area contributed by atoms with Gasteiger partial charge in [-0.05, 0) is 13.8 Å². The van der Waals surface area contributed by atoms with Crippen LogP contribution in [0.2, 0.25) is 0 Å². The molecule has 0 radical (unpaired) electrons. The zero-order valence-electron chi connectivity index (χ0n) is 10.2. The predicted molar refractivity (Wildman–Crippen MR) is 59.5 cm³/mol. The summed E-state index contributed by atoms with van der Waals surface area (Å²) in [5, 5.41) is 9.19. The third kappa shape index (κ3) is 5.58. The van der Waals surface area contributed by atoms with Crippen molar-refractivity contribution in [1.29, 1.82) is 0 Å². The predicted octanol–water partition coefficient (Wildman–Crippen LogP) is 1.36. The number of aliphatic hydroxyl groups is 1. The third-order valence-corrected chi connectivity index (χ3v) is 2.37. The summed E-state index contributed by atoms with van der Waals surface area (Å²) in [5.41, 5.74) is -0.0298. The van der Waals surface area contributed by atoms with E-state index >= 15 is 0 Å². The second-order valence-corrected chi connectivity index (χ2v) is 4.88. The summed E-state index contributed by atoms with van der Waals surface area (Å²) >= 11 is 0. The highest BCUT2D eigenvalue weighted by molar-refractivity contribution is 4.74. The van der Waals surface area contributed by atoms with Crippen LogP contribution in [0.4, 0.5) is 0 Å². The summed E-state index contributed by atoms with van der Waals surface area (Å²) in [7, 11) is 1.72. The fourth-order valence-electron chi connectivity index (χ4n) is 1.33. The lowest BCUT2D eigenvalue weighted by atomic mass is 9.93. The highest BCUT2D eigenvalue weighted by atomic mass is 16.5. The molecule has 0 unspecified atom stereocenters. The molecule has 0 aliphatic rings. The van der Waals surface area contributed by atoms with E-state index in [9.17, 15) is 5.11 Å². The highest BCUT2D eigenvalue weighted by Gasteiger charge is 2.22. The number of hydrogen-bond donors (Lipinski definition) is 1. The van der Waals surface area contributed by atoms with Gasteiger partial charge in [0.2, 0.25) is 0 Å². The Balaban J connectivity index is 4.08. The van der Waals surface area contributed by atoms with E-state index < -0.39 is 0 Å². The Morgan fingerprint density at radius 2 is 1.93 bits per heavy atom. The Hall–Kier alpha value is -0.120. The fourth-order valence-corrected chi connectivity index (χ4v) is 1.33. The Bertz CT molecular complexity index is 146. The average Bonchev–Trinajstić information content (AvgIpc) is 2.12. The van der Waals surface area contributed by atoms with Crippen LogP contribution in [0.15, 0.2) is 0 Å². The molecule has 0 saturated carbocycles. The van der Waals surface area contributed by atoms with Crippen LogP contribution in [0.25, 0.3) is 0 Å². The molecule has 0 heterocycles. The minimum Gasteiger partial charge on any atom is -0.396 e. The molecule has 0 spiro atoms. The van der Waals surface area contributed by atoms with Crippen LogP contribution in [-0.4, -0.2) is 49.5 Å². The van der Waals surface area contributed by atoms with Gasteiger partial charge in [-0.2, -0.15) is 0 Å². The van der Waals surface area contributed by atoms with Gasteiger partial charge in [0.1, 0.15) is 0 Å². The van der Waals surface area contributed by atoms with Gasteiger partial charge in [-0.3, -0.25) is 4.90 Å². The first kappa shape index (κ1) is 13.9. The average molecular weight is 203 g/mol. The molecule has 0 amide bonds. The van der Waals surface area contributed by atoms with Crippen LogP contribution < -0.4 is 0 Å². The number of ether oxygens (including phenoxy) is 1. The summed E-state index contributed by atoms with van der Waals surface area (Å²) in [6.07, 6.45) is 0. The molecule has 0 rings (SSSR count). The largest absolute Gasteiger partial charge is 0.396 e. The summed E-state index contributed by atoms with van der Waals surface area (Å²) in [6, 6.07) is 0.496. The van der Waals surface area contributed by atoms with Crippen molar-refractivity contribution in [2.75, 3.05) is 33.4 Å². The lowest BCUT2D eigenvalue weighted by Crippen LogP contribution is -2.42. The molecule has 0 aromatic heterocycles. The summed E-state index contributed by atoms with van der Waals surface area (Å²) in [4.78, 5) is 2.33.